The van der Waals surface area contributed by atoms with E-state index in [1.54, 1.807) is 12.1 Å². The second kappa shape index (κ2) is 24.0. The molecule has 22 heteroatoms. The molecule has 0 saturated carbocycles. The number of benzene rings is 2. The molecule has 2 fully saturated rings. The van der Waals surface area contributed by atoms with E-state index >= 15 is 0 Å². The zero-order chi connectivity index (χ0) is 53.9. The van der Waals surface area contributed by atoms with Crippen LogP contribution >= 0.6 is 46.4 Å². The highest BCUT2D eigenvalue weighted by molar-refractivity contribution is 6.35. The molecule has 10 rings (SSSR count). The summed E-state index contributed by atoms with van der Waals surface area (Å²) in [7, 11) is 1.47. The Morgan fingerprint density at radius 3 is 1.60 bits per heavy atom. The fourth-order valence-corrected chi connectivity index (χ4v) is 11.9. The molecule has 4 aromatic heterocycles. The third-order valence-corrected chi connectivity index (χ3v) is 15.8. The average molecular weight is 1110 g/mol. The number of carboxylic acids is 1. The number of fused-ring (bicyclic) bond motifs is 2. The van der Waals surface area contributed by atoms with Gasteiger partial charge in [-0.25, -0.2) is 34.1 Å². The van der Waals surface area contributed by atoms with Crippen LogP contribution in [0.15, 0.2) is 60.9 Å². The van der Waals surface area contributed by atoms with Crippen LogP contribution in [-0.2, 0) is 14.3 Å². The van der Waals surface area contributed by atoms with Crippen LogP contribution in [0.2, 0.25) is 20.1 Å². The van der Waals surface area contributed by atoms with Gasteiger partial charge in [-0.05, 0) is 152 Å². The minimum Gasteiger partial charge on any atom is -0.475 e. The molecule has 2 aliphatic heterocycles. The minimum atomic E-state index is -5.08. The molecule has 75 heavy (non-hydrogen) atoms. The molecule has 0 spiro atoms. The Labute approximate surface area is 452 Å². The summed E-state index contributed by atoms with van der Waals surface area (Å²) < 4.78 is 40.6. The molecule has 6 heterocycles. The molecule has 0 bridgehead atoms. The Morgan fingerprint density at radius 1 is 0.733 bits per heavy atom. The van der Waals surface area contributed by atoms with Gasteiger partial charge in [0.2, 0.25) is 0 Å². The second-order valence-corrected chi connectivity index (χ2v) is 21.0. The van der Waals surface area contributed by atoms with Crippen LogP contribution in [0.1, 0.15) is 124 Å². The predicted molar refractivity (Wildman–Crippen MR) is 284 cm³/mol. The molecule has 2 unspecified atom stereocenters. The first kappa shape index (κ1) is 56.0. The maximum Gasteiger partial charge on any atom is 0.490 e. The Hall–Kier alpha value is -5.21. The van der Waals surface area contributed by atoms with E-state index in [1.165, 1.54) is 24.7 Å². The molecule has 2 N–H and O–H groups in total. The lowest BCUT2D eigenvalue weighted by molar-refractivity contribution is -0.192. The molecule has 6 aromatic rings. The smallest absolute Gasteiger partial charge is 0.475 e. The number of hydrogen-bond acceptors (Lipinski definition) is 12. The maximum absolute atomic E-state index is 12.2. The molecule has 0 radical (unpaired) electrons. The Kier molecular flexibility index (Phi) is 17.9. The third kappa shape index (κ3) is 12.5. The highest BCUT2D eigenvalue weighted by Crippen LogP contribution is 2.37. The molecule has 15 nitrogen and oxygen atoms in total. The van der Waals surface area contributed by atoms with Crippen molar-refractivity contribution in [1.82, 2.24) is 49.3 Å². The van der Waals surface area contributed by atoms with E-state index < -0.39 is 12.1 Å². The number of aliphatic carboxylic acids is 1. The van der Waals surface area contributed by atoms with Crippen LogP contribution in [0.3, 0.4) is 0 Å². The van der Waals surface area contributed by atoms with Crippen molar-refractivity contribution >= 4 is 91.8 Å². The molecular formula is C53H59Cl4F3N10O5. The second-order valence-electron chi connectivity index (χ2n) is 19.4. The summed E-state index contributed by atoms with van der Waals surface area (Å²) in [4.78, 5) is 45.4. The number of carbonyl (C=O) groups excluding carboxylic acids is 1. The molecule has 2 saturated heterocycles. The Bertz CT molecular complexity index is 3130. The summed E-state index contributed by atoms with van der Waals surface area (Å²) in [5.74, 6) is -2.88. The van der Waals surface area contributed by atoms with E-state index in [0.717, 1.165) is 127 Å². The van der Waals surface area contributed by atoms with Crippen LogP contribution < -0.4 is 0 Å². The zero-order valence-electron chi connectivity index (χ0n) is 42.2. The number of esters is 1. The van der Waals surface area contributed by atoms with Crippen molar-refractivity contribution in [3.05, 3.63) is 115 Å². The van der Waals surface area contributed by atoms with Crippen molar-refractivity contribution in [3.63, 3.8) is 0 Å². The summed E-state index contributed by atoms with van der Waals surface area (Å²) in [6.45, 7) is 10.3. The monoisotopic (exact) mass is 1110 g/mol. The zero-order valence-corrected chi connectivity index (χ0v) is 45.2. The number of aliphatic hydroxyl groups is 1. The number of carbonyl (C=O) groups is 2. The predicted octanol–water partition coefficient (Wildman–Crippen LogP) is 11.7. The number of allylic oxidation sites excluding steroid dienone is 2. The first-order valence-corrected chi connectivity index (χ1v) is 26.5. The Balaban J connectivity index is 0.000000177. The number of halogens is 7. The Morgan fingerprint density at radius 2 is 1.19 bits per heavy atom. The summed E-state index contributed by atoms with van der Waals surface area (Å²) in [6.07, 6.45) is 13.2. The number of rotatable bonds is 10. The van der Waals surface area contributed by atoms with Crippen LogP contribution in [0.5, 0.6) is 0 Å². The van der Waals surface area contributed by atoms with Crippen LogP contribution in [0, 0.1) is 13.8 Å². The van der Waals surface area contributed by atoms with Crippen molar-refractivity contribution < 1.29 is 37.7 Å². The normalized spacial score (nSPS) is 21.2. The van der Waals surface area contributed by atoms with Gasteiger partial charge in [0.1, 0.15) is 17.1 Å². The van der Waals surface area contributed by atoms with Crippen LogP contribution in [-0.4, -0.2) is 129 Å². The van der Waals surface area contributed by atoms with Gasteiger partial charge in [0.25, 0.3) is 0 Å². The van der Waals surface area contributed by atoms with Crippen molar-refractivity contribution in [2.24, 2.45) is 0 Å². The molecule has 0 amide bonds. The number of aromatic nitrogens is 8. The maximum atomic E-state index is 12.2. The van der Waals surface area contributed by atoms with Gasteiger partial charge in [-0.15, -0.1) is 0 Å². The van der Waals surface area contributed by atoms with Gasteiger partial charge in [0, 0.05) is 38.2 Å². The number of hydrogen-bond donors (Lipinski definition) is 2. The van der Waals surface area contributed by atoms with Gasteiger partial charge < -0.3 is 14.9 Å². The minimum absolute atomic E-state index is 0.106. The van der Waals surface area contributed by atoms with E-state index in [0.29, 0.717) is 38.2 Å². The topological polar surface area (TPSA) is 178 Å². The van der Waals surface area contributed by atoms with Gasteiger partial charge >= 0.3 is 18.1 Å². The van der Waals surface area contributed by atoms with E-state index in [1.807, 2.05) is 66.8 Å². The highest BCUT2D eigenvalue weighted by atomic mass is 35.5. The van der Waals surface area contributed by atoms with Crippen molar-refractivity contribution in [2.75, 3.05) is 26.8 Å². The van der Waals surface area contributed by atoms with Gasteiger partial charge in [0.05, 0.1) is 61.0 Å². The highest BCUT2D eigenvalue weighted by Gasteiger charge is 2.39. The fourth-order valence-electron chi connectivity index (χ4n) is 10.8. The lowest BCUT2D eigenvalue weighted by Crippen LogP contribution is -2.44. The van der Waals surface area contributed by atoms with E-state index in [2.05, 4.69) is 28.9 Å². The number of alkyl halides is 3. The number of aryl methyl sites for hydroxylation is 2. The third-order valence-electron chi connectivity index (χ3n) is 14.7. The van der Waals surface area contributed by atoms with Crippen molar-refractivity contribution in [2.45, 2.75) is 134 Å². The lowest BCUT2D eigenvalue weighted by atomic mass is 9.92. The number of likely N-dealkylation sites (tertiary alicyclic amines) is 2. The number of aliphatic hydroxyl groups excluding tert-OH is 1. The van der Waals surface area contributed by atoms with Crippen molar-refractivity contribution in [1.29, 1.82) is 0 Å². The van der Waals surface area contributed by atoms with Gasteiger partial charge in [-0.3, -0.25) is 14.6 Å². The molecule has 2 aliphatic carbocycles. The van der Waals surface area contributed by atoms with Gasteiger partial charge in [-0.2, -0.15) is 23.4 Å². The summed E-state index contributed by atoms with van der Waals surface area (Å²) in [5.41, 5.74) is 10.9. The number of nitrogens with zero attached hydrogens (tertiary/aromatic N) is 10. The first-order valence-electron chi connectivity index (χ1n) is 25.0. The molecule has 2 aromatic carbocycles. The number of methoxy groups -OCH3 is 1. The standard InChI is InChI=1S/C26H29Cl2N5O2.C25H29Cl2N5O.C2HF3O2/c1-15-24-25(33(31-15)16(2)20-11-8-18(27)13-21(20)28)30-22(14-29-24)17-6-9-19(10-7-17)32-12-4-5-23(32)26(34)35-3;1-15-24-25(32(30-15)16(2)21-10-7-18(26)12-22(21)27)29-23(13-28-24)17-5-8-19(9-6-17)31-11-3-4-20(31)14-33;3-2(4,5)1(6)7/h6,8,11,13-14,16,19,23H,4-5,7,9-10,12H2,1-3H3;5,7,10,12-13,16,19-20,33H,3-4,6,8-9,11,14H2,1-2H3;(H,6,7)/t16-,19?,23+;16-,19?,20+;/m11./s1. The number of ether oxygens (including phenoxy) is 1. The average Bonchev–Trinajstić information content (AvgIpc) is 4.23. The summed E-state index contributed by atoms with van der Waals surface area (Å²) >= 11 is 25.2. The van der Waals surface area contributed by atoms with E-state index in [-0.39, 0.29) is 30.7 Å². The van der Waals surface area contributed by atoms with E-state index in [4.69, 9.17) is 91.2 Å². The van der Waals surface area contributed by atoms with Gasteiger partial charge in [0.15, 0.2) is 11.3 Å². The van der Waals surface area contributed by atoms with Crippen LogP contribution in [0.4, 0.5) is 13.2 Å². The molecule has 400 valence electrons. The van der Waals surface area contributed by atoms with E-state index in [9.17, 15) is 23.1 Å². The number of carboxylic acid groups (broad SMARTS) is 1. The summed E-state index contributed by atoms with van der Waals surface area (Å²) in [6, 6.07) is 11.9. The lowest BCUT2D eigenvalue weighted by Gasteiger charge is -2.34. The fraction of sp³-hybridized carbons (Fsp3) is 0.472. The van der Waals surface area contributed by atoms with Gasteiger partial charge in [-0.1, -0.05) is 70.7 Å². The quantitative estimate of drug-likeness (QED) is 0.124. The summed E-state index contributed by atoms with van der Waals surface area (Å²) in [5, 5.41) is 28.7. The van der Waals surface area contributed by atoms with Crippen molar-refractivity contribution in [3.8, 4) is 0 Å². The van der Waals surface area contributed by atoms with Crippen LogP contribution in [0.25, 0.3) is 33.5 Å². The molecular weight excluding hydrogens is 1060 g/mol. The molecule has 6 atom stereocenters. The SMILES string of the molecule is COC(=O)[C@@H]1CCCN1C1CC=C(c2cnc3c(C)nn([C@H](C)c4ccc(Cl)cc4Cl)c3n2)CC1.Cc1nn([C@H](C)c2ccc(Cl)cc2Cl)c2nc(C3=CCC(N4CCC[C@H]4CO)CC3)cnc12.O=C(O)C(F)(F)F. The molecule has 4 aliphatic rings. The largest absolute Gasteiger partial charge is 0.490 e. The first-order chi connectivity index (χ1) is 35.8.